The number of halogens is 2. The van der Waals surface area contributed by atoms with E-state index >= 15 is 0 Å². The number of sulfonamides is 1. The van der Waals surface area contributed by atoms with Crippen LogP contribution in [0.1, 0.15) is 17.5 Å². The predicted octanol–water partition coefficient (Wildman–Crippen LogP) is 4.31. The maximum Gasteiger partial charge on any atom is 0.252 e. The second-order valence-electron chi connectivity index (χ2n) is 7.75. The second-order valence-corrected chi connectivity index (χ2v) is 10.1. The molecule has 3 aromatic rings. The van der Waals surface area contributed by atoms with Crippen molar-refractivity contribution in [2.45, 2.75) is 30.8 Å². The molecular formula is C24H20ClFN2O4S. The Morgan fingerprint density at radius 2 is 1.58 bits per heavy atom. The zero-order chi connectivity index (χ0) is 23.8. The van der Waals surface area contributed by atoms with Crippen molar-refractivity contribution in [3.05, 3.63) is 94.8 Å². The number of carbonyl (C=O) groups is 2. The van der Waals surface area contributed by atoms with Crippen LogP contribution in [0.2, 0.25) is 5.02 Å². The van der Waals surface area contributed by atoms with Crippen molar-refractivity contribution in [3.8, 4) is 0 Å². The van der Waals surface area contributed by atoms with Crippen molar-refractivity contribution in [2.24, 2.45) is 0 Å². The highest BCUT2D eigenvalue weighted by Gasteiger charge is 2.47. The predicted molar refractivity (Wildman–Crippen MR) is 123 cm³/mol. The third-order valence-electron chi connectivity index (χ3n) is 5.43. The summed E-state index contributed by atoms with van der Waals surface area (Å²) in [5.41, 5.74) is 1.85. The smallest absolute Gasteiger partial charge is 0.252 e. The van der Waals surface area contributed by atoms with E-state index in [0.29, 0.717) is 10.6 Å². The molecule has 0 bridgehead atoms. The largest absolute Gasteiger partial charge is 0.274 e. The molecule has 1 heterocycles. The molecular weight excluding hydrogens is 467 g/mol. The molecule has 1 fully saturated rings. The van der Waals surface area contributed by atoms with Gasteiger partial charge in [-0.1, -0.05) is 41.4 Å². The van der Waals surface area contributed by atoms with Gasteiger partial charge in [-0.05, 0) is 61.0 Å². The van der Waals surface area contributed by atoms with E-state index in [1.165, 1.54) is 36.4 Å². The van der Waals surface area contributed by atoms with Crippen LogP contribution in [-0.2, 0) is 26.2 Å². The van der Waals surface area contributed by atoms with Crippen LogP contribution in [0.5, 0.6) is 0 Å². The van der Waals surface area contributed by atoms with Crippen LogP contribution in [0.25, 0.3) is 0 Å². The molecule has 6 nitrogen and oxygen atoms in total. The molecule has 33 heavy (non-hydrogen) atoms. The van der Waals surface area contributed by atoms with Crippen LogP contribution in [0.4, 0.5) is 10.1 Å². The lowest BCUT2D eigenvalue weighted by molar-refractivity contribution is -0.122. The first-order chi connectivity index (χ1) is 15.7. The summed E-state index contributed by atoms with van der Waals surface area (Å²) in [7, 11) is -4.16. The summed E-state index contributed by atoms with van der Waals surface area (Å²) in [6.45, 7) is 1.80. The fourth-order valence-electron chi connectivity index (χ4n) is 3.68. The number of nitrogens with zero attached hydrogens (tertiary/aromatic N) is 2. The highest BCUT2D eigenvalue weighted by Crippen LogP contribution is 2.31. The van der Waals surface area contributed by atoms with Crippen LogP contribution in [0, 0.1) is 12.7 Å². The summed E-state index contributed by atoms with van der Waals surface area (Å²) in [6.07, 6.45) is -0.325. The van der Waals surface area contributed by atoms with E-state index in [-0.39, 0.29) is 23.5 Å². The Labute approximate surface area is 196 Å². The summed E-state index contributed by atoms with van der Waals surface area (Å²) >= 11 is 5.91. The first-order valence-corrected chi connectivity index (χ1v) is 11.9. The molecule has 170 valence electrons. The van der Waals surface area contributed by atoms with Crippen molar-refractivity contribution in [3.63, 3.8) is 0 Å². The van der Waals surface area contributed by atoms with E-state index in [4.69, 9.17) is 11.6 Å². The van der Waals surface area contributed by atoms with Gasteiger partial charge < -0.3 is 0 Å². The number of benzene rings is 3. The zero-order valence-corrected chi connectivity index (χ0v) is 19.2. The first kappa shape index (κ1) is 23.1. The Kier molecular flexibility index (Phi) is 6.34. The summed E-state index contributed by atoms with van der Waals surface area (Å²) < 4.78 is 41.6. The third kappa shape index (κ3) is 4.68. The molecule has 0 spiro atoms. The summed E-state index contributed by atoms with van der Waals surface area (Å²) in [5.74, 6) is -1.76. The van der Waals surface area contributed by atoms with E-state index in [9.17, 15) is 22.4 Å². The minimum atomic E-state index is -4.16. The van der Waals surface area contributed by atoms with Crippen LogP contribution in [0.3, 0.4) is 0 Å². The van der Waals surface area contributed by atoms with E-state index < -0.39 is 33.7 Å². The quantitative estimate of drug-likeness (QED) is 0.486. The average molecular weight is 487 g/mol. The maximum atomic E-state index is 13.6. The number of hydrogen-bond acceptors (Lipinski definition) is 4. The van der Waals surface area contributed by atoms with Crippen molar-refractivity contribution >= 4 is 39.1 Å². The fraction of sp³-hybridized carbons (Fsp3) is 0.167. The topological polar surface area (TPSA) is 74.8 Å². The molecule has 1 aliphatic rings. The molecule has 0 N–H and O–H groups in total. The highest BCUT2D eigenvalue weighted by atomic mass is 35.5. The van der Waals surface area contributed by atoms with Gasteiger partial charge in [0.1, 0.15) is 11.9 Å². The summed E-state index contributed by atoms with van der Waals surface area (Å²) in [6, 6.07) is 16.5. The molecule has 2 amide bonds. The van der Waals surface area contributed by atoms with Gasteiger partial charge in [-0.3, -0.25) is 9.59 Å². The van der Waals surface area contributed by atoms with Crippen molar-refractivity contribution in [1.29, 1.82) is 0 Å². The molecule has 0 aromatic heterocycles. The summed E-state index contributed by atoms with van der Waals surface area (Å²) in [5, 5.41) is 0.369. The van der Waals surface area contributed by atoms with Crippen molar-refractivity contribution in [1.82, 2.24) is 4.31 Å². The monoisotopic (exact) mass is 486 g/mol. The number of carbonyl (C=O) groups excluding carboxylic acids is 2. The third-order valence-corrected chi connectivity index (χ3v) is 7.56. The van der Waals surface area contributed by atoms with Crippen LogP contribution < -0.4 is 4.90 Å². The molecule has 1 unspecified atom stereocenters. The molecule has 0 saturated carbocycles. The summed E-state index contributed by atoms with van der Waals surface area (Å²) in [4.78, 5) is 26.9. The van der Waals surface area contributed by atoms with E-state index in [2.05, 4.69) is 0 Å². The number of amides is 2. The highest BCUT2D eigenvalue weighted by molar-refractivity contribution is 7.89. The number of hydrogen-bond donors (Lipinski definition) is 0. The average Bonchev–Trinajstić information content (AvgIpc) is 3.07. The first-order valence-electron chi connectivity index (χ1n) is 10.1. The fourth-order valence-corrected chi connectivity index (χ4v) is 5.38. The zero-order valence-electron chi connectivity index (χ0n) is 17.6. The Bertz CT molecular complexity index is 1290. The lowest BCUT2D eigenvalue weighted by Crippen LogP contribution is -2.45. The SMILES string of the molecule is Cc1ccc(CN(C2CC(=O)N(c3ccc(F)cc3)C2=O)S(=O)(=O)c2ccc(Cl)cc2)cc1. The maximum absolute atomic E-state index is 13.6. The molecule has 1 atom stereocenters. The van der Waals surface area contributed by atoms with E-state index in [1.54, 1.807) is 12.1 Å². The Balaban J connectivity index is 1.74. The van der Waals surface area contributed by atoms with Gasteiger partial charge in [-0.15, -0.1) is 0 Å². The Morgan fingerprint density at radius 1 is 0.970 bits per heavy atom. The number of aryl methyl sites for hydroxylation is 1. The van der Waals surface area contributed by atoms with Crippen LogP contribution in [-0.4, -0.2) is 30.6 Å². The van der Waals surface area contributed by atoms with Gasteiger partial charge in [-0.2, -0.15) is 4.31 Å². The molecule has 1 aliphatic heterocycles. The van der Waals surface area contributed by atoms with E-state index in [0.717, 1.165) is 26.9 Å². The van der Waals surface area contributed by atoms with Gasteiger partial charge in [0.25, 0.3) is 5.91 Å². The van der Waals surface area contributed by atoms with Crippen molar-refractivity contribution in [2.75, 3.05) is 4.90 Å². The van der Waals surface area contributed by atoms with E-state index in [1.807, 2.05) is 19.1 Å². The number of anilines is 1. The molecule has 4 rings (SSSR count). The lowest BCUT2D eigenvalue weighted by Gasteiger charge is -2.27. The molecule has 9 heteroatoms. The normalized spacial score (nSPS) is 16.6. The Hall–Kier alpha value is -3.07. The number of imide groups is 1. The van der Waals surface area contributed by atoms with Crippen molar-refractivity contribution < 1.29 is 22.4 Å². The van der Waals surface area contributed by atoms with Gasteiger partial charge in [-0.25, -0.2) is 17.7 Å². The van der Waals surface area contributed by atoms with Crippen LogP contribution in [0.15, 0.2) is 77.7 Å². The molecule has 0 radical (unpaired) electrons. The minimum Gasteiger partial charge on any atom is -0.274 e. The molecule has 0 aliphatic carbocycles. The molecule has 1 saturated heterocycles. The standard InChI is InChI=1S/C24H20ClFN2O4S/c1-16-2-4-17(5-3-16)15-27(33(31,32)21-12-6-18(25)7-13-21)22-14-23(29)28(24(22)30)20-10-8-19(26)9-11-20/h2-13,22H,14-15H2,1H3. The van der Waals surface area contributed by atoms with Gasteiger partial charge in [0.05, 0.1) is 17.0 Å². The minimum absolute atomic E-state index is 0.0421. The Morgan fingerprint density at radius 3 is 2.18 bits per heavy atom. The van der Waals surface area contributed by atoms with Gasteiger partial charge in [0, 0.05) is 11.6 Å². The lowest BCUT2D eigenvalue weighted by atomic mass is 10.1. The van der Waals surface area contributed by atoms with Crippen LogP contribution >= 0.6 is 11.6 Å². The number of rotatable bonds is 6. The second kappa shape index (κ2) is 9.05. The van der Waals surface area contributed by atoms with Gasteiger partial charge in [0.15, 0.2) is 0 Å². The molecule has 3 aromatic carbocycles. The van der Waals surface area contributed by atoms with Gasteiger partial charge in [0.2, 0.25) is 15.9 Å². The van der Waals surface area contributed by atoms with Gasteiger partial charge >= 0.3 is 0 Å².